The van der Waals surface area contributed by atoms with Crippen molar-refractivity contribution in [1.82, 2.24) is 5.32 Å². The third-order valence-corrected chi connectivity index (χ3v) is 4.22. The molecule has 1 aromatic heterocycles. The molecule has 1 amide bonds. The predicted octanol–water partition coefficient (Wildman–Crippen LogP) is 3.57. The van der Waals surface area contributed by atoms with Gasteiger partial charge < -0.3 is 10.1 Å². The van der Waals surface area contributed by atoms with Crippen LogP contribution in [-0.2, 0) is 9.53 Å². The van der Waals surface area contributed by atoms with E-state index in [4.69, 9.17) is 16.3 Å². The summed E-state index contributed by atoms with van der Waals surface area (Å²) in [5, 5.41) is 4.53. The van der Waals surface area contributed by atoms with E-state index in [0.29, 0.717) is 0 Å². The highest BCUT2D eigenvalue weighted by molar-refractivity contribution is 7.10. The fraction of sp³-hybridized carbons (Fsp3) is 0.200. The number of esters is 1. The molecule has 22 heavy (non-hydrogen) atoms. The molecule has 0 saturated heterocycles. The highest BCUT2D eigenvalue weighted by atomic mass is 35.5. The average Bonchev–Trinajstić information content (AvgIpc) is 2.99. The molecule has 4 nitrogen and oxygen atoms in total. The molecule has 1 heterocycles. The molecule has 0 bridgehead atoms. The number of amides is 1. The van der Waals surface area contributed by atoms with E-state index < -0.39 is 24.3 Å². The summed E-state index contributed by atoms with van der Waals surface area (Å²) in [6, 6.07) is 7.43. The van der Waals surface area contributed by atoms with Gasteiger partial charge in [0.05, 0.1) is 11.1 Å². The zero-order valence-electron chi connectivity index (χ0n) is 11.6. The van der Waals surface area contributed by atoms with Gasteiger partial charge in [-0.3, -0.25) is 4.79 Å². The quantitative estimate of drug-likeness (QED) is 0.846. The van der Waals surface area contributed by atoms with Crippen molar-refractivity contribution in [3.05, 3.63) is 57.0 Å². The number of halogens is 2. The Hall–Kier alpha value is -1.92. The molecule has 2 rings (SSSR count). The maximum Gasteiger partial charge on any atom is 0.343 e. The topological polar surface area (TPSA) is 55.4 Å². The summed E-state index contributed by atoms with van der Waals surface area (Å²) in [6.45, 7) is 1.32. The fourth-order valence-corrected chi connectivity index (χ4v) is 2.76. The van der Waals surface area contributed by atoms with Gasteiger partial charge in [-0.2, -0.15) is 0 Å². The van der Waals surface area contributed by atoms with Crippen LogP contribution in [0, 0.1) is 5.82 Å². The lowest BCUT2D eigenvalue weighted by atomic mass is 10.2. The Morgan fingerprint density at radius 1 is 1.36 bits per heavy atom. The number of hydrogen-bond donors (Lipinski definition) is 1. The van der Waals surface area contributed by atoms with Crippen molar-refractivity contribution >= 4 is 34.8 Å². The molecule has 0 fully saturated rings. The number of benzene rings is 1. The van der Waals surface area contributed by atoms with Gasteiger partial charge in [0.25, 0.3) is 5.91 Å². The first kappa shape index (κ1) is 16.5. The van der Waals surface area contributed by atoms with E-state index in [1.54, 1.807) is 0 Å². The Morgan fingerprint density at radius 2 is 2.14 bits per heavy atom. The maximum atomic E-state index is 13.5. The molecule has 0 radical (unpaired) electrons. The maximum absolute atomic E-state index is 13.5. The van der Waals surface area contributed by atoms with Crippen molar-refractivity contribution in [2.75, 3.05) is 6.61 Å². The third kappa shape index (κ3) is 4.05. The molecule has 0 spiro atoms. The van der Waals surface area contributed by atoms with Gasteiger partial charge in [0.1, 0.15) is 11.4 Å². The normalized spacial score (nSPS) is 11.8. The number of carbonyl (C=O) groups excluding carboxylic acids is 2. The second-order valence-corrected chi connectivity index (χ2v) is 5.86. The minimum absolute atomic E-state index is 0.0580. The van der Waals surface area contributed by atoms with Gasteiger partial charge in [0, 0.05) is 4.88 Å². The van der Waals surface area contributed by atoms with Crippen molar-refractivity contribution < 1.29 is 18.7 Å². The summed E-state index contributed by atoms with van der Waals surface area (Å²) in [4.78, 5) is 24.5. The van der Waals surface area contributed by atoms with Gasteiger partial charge in [-0.1, -0.05) is 23.7 Å². The molecule has 0 aliphatic carbocycles. The first-order chi connectivity index (χ1) is 10.5. The molecule has 0 aliphatic rings. The molecule has 1 aromatic carbocycles. The highest BCUT2D eigenvalue weighted by Gasteiger charge is 2.19. The van der Waals surface area contributed by atoms with Gasteiger partial charge in [-0.15, -0.1) is 11.3 Å². The van der Waals surface area contributed by atoms with Crippen LogP contribution >= 0.6 is 22.9 Å². The van der Waals surface area contributed by atoms with Crippen molar-refractivity contribution in [3.63, 3.8) is 0 Å². The monoisotopic (exact) mass is 341 g/mol. The van der Waals surface area contributed by atoms with E-state index in [9.17, 15) is 14.0 Å². The number of thiophene rings is 1. The summed E-state index contributed by atoms with van der Waals surface area (Å²) in [5.41, 5.74) is -0.372. The lowest BCUT2D eigenvalue weighted by Gasteiger charge is -2.12. The standard InChI is InChI=1S/C15H13ClFNO3S/c1-9(12-6-3-7-22-12)18-13(19)8-21-15(20)14-10(16)4-2-5-11(14)17/h2-7,9H,8H2,1H3,(H,18,19)/t9-/m0/s1. The molecule has 2 aromatic rings. The van der Waals surface area contributed by atoms with Crippen LogP contribution in [0.3, 0.4) is 0 Å². The number of carbonyl (C=O) groups is 2. The van der Waals surface area contributed by atoms with E-state index in [1.165, 1.54) is 23.5 Å². The smallest absolute Gasteiger partial charge is 0.343 e. The summed E-state index contributed by atoms with van der Waals surface area (Å²) in [7, 11) is 0. The lowest BCUT2D eigenvalue weighted by molar-refractivity contribution is -0.124. The van der Waals surface area contributed by atoms with Crippen LogP contribution in [-0.4, -0.2) is 18.5 Å². The minimum Gasteiger partial charge on any atom is -0.452 e. The lowest BCUT2D eigenvalue weighted by Crippen LogP contribution is -2.30. The predicted molar refractivity (Wildman–Crippen MR) is 82.6 cm³/mol. The van der Waals surface area contributed by atoms with Crippen LogP contribution in [0.1, 0.15) is 28.2 Å². The Labute approximate surface area is 135 Å². The van der Waals surface area contributed by atoms with Gasteiger partial charge in [-0.25, -0.2) is 9.18 Å². The Morgan fingerprint density at radius 3 is 2.77 bits per heavy atom. The number of nitrogens with one attached hydrogen (secondary N) is 1. The van der Waals surface area contributed by atoms with Gasteiger partial charge in [0.2, 0.25) is 0 Å². The third-order valence-electron chi connectivity index (χ3n) is 2.85. The van der Waals surface area contributed by atoms with Gasteiger partial charge in [-0.05, 0) is 30.5 Å². The largest absolute Gasteiger partial charge is 0.452 e. The Kier molecular flexibility index (Phi) is 5.51. The molecule has 1 N–H and O–H groups in total. The average molecular weight is 342 g/mol. The molecule has 116 valence electrons. The van der Waals surface area contributed by atoms with Crippen LogP contribution in [0.5, 0.6) is 0 Å². The first-order valence-electron chi connectivity index (χ1n) is 6.43. The van der Waals surface area contributed by atoms with Crippen LogP contribution < -0.4 is 5.32 Å². The molecule has 1 atom stereocenters. The number of rotatable bonds is 5. The summed E-state index contributed by atoms with van der Waals surface area (Å²) < 4.78 is 18.3. The van der Waals surface area contributed by atoms with Crippen molar-refractivity contribution in [2.45, 2.75) is 13.0 Å². The van der Waals surface area contributed by atoms with E-state index in [0.717, 1.165) is 10.9 Å². The van der Waals surface area contributed by atoms with Crippen molar-refractivity contribution in [3.8, 4) is 0 Å². The highest BCUT2D eigenvalue weighted by Crippen LogP contribution is 2.20. The molecule has 7 heteroatoms. The van der Waals surface area contributed by atoms with E-state index in [2.05, 4.69) is 5.32 Å². The number of hydrogen-bond acceptors (Lipinski definition) is 4. The van der Waals surface area contributed by atoms with Crippen LogP contribution in [0.15, 0.2) is 35.7 Å². The Balaban J connectivity index is 1.90. The van der Waals surface area contributed by atoms with Crippen LogP contribution in [0.4, 0.5) is 4.39 Å². The van der Waals surface area contributed by atoms with E-state index >= 15 is 0 Å². The van der Waals surface area contributed by atoms with Crippen LogP contribution in [0.2, 0.25) is 5.02 Å². The van der Waals surface area contributed by atoms with E-state index in [-0.39, 0.29) is 16.6 Å². The number of ether oxygens (including phenoxy) is 1. The summed E-state index contributed by atoms with van der Waals surface area (Å²) in [6.07, 6.45) is 0. The summed E-state index contributed by atoms with van der Waals surface area (Å²) >= 11 is 7.26. The molecule has 0 unspecified atom stereocenters. The van der Waals surface area contributed by atoms with Gasteiger partial charge >= 0.3 is 5.97 Å². The van der Waals surface area contributed by atoms with E-state index in [1.807, 2.05) is 24.4 Å². The summed E-state index contributed by atoms with van der Waals surface area (Å²) in [5.74, 6) is -2.23. The Bertz CT molecular complexity index is 655. The van der Waals surface area contributed by atoms with Crippen molar-refractivity contribution in [2.24, 2.45) is 0 Å². The zero-order valence-corrected chi connectivity index (χ0v) is 13.2. The minimum atomic E-state index is -0.970. The second kappa shape index (κ2) is 7.38. The zero-order chi connectivity index (χ0) is 16.1. The van der Waals surface area contributed by atoms with Crippen molar-refractivity contribution in [1.29, 1.82) is 0 Å². The molecule has 0 saturated carbocycles. The van der Waals surface area contributed by atoms with Crippen LogP contribution in [0.25, 0.3) is 0 Å². The molecule has 0 aliphatic heterocycles. The van der Waals surface area contributed by atoms with Gasteiger partial charge in [0.15, 0.2) is 6.61 Å². The fourth-order valence-electron chi connectivity index (χ4n) is 1.79. The second-order valence-electron chi connectivity index (χ2n) is 4.48. The molecular formula is C15H13ClFNO3S. The SMILES string of the molecule is C[C@H](NC(=O)COC(=O)c1c(F)cccc1Cl)c1cccs1. The first-order valence-corrected chi connectivity index (χ1v) is 7.68. The molecular weight excluding hydrogens is 329 g/mol.